The lowest BCUT2D eigenvalue weighted by Gasteiger charge is -2.18. The molecule has 0 aromatic heterocycles. The molecule has 1 rings (SSSR count). The summed E-state index contributed by atoms with van der Waals surface area (Å²) in [5.41, 5.74) is -0.759. The number of benzene rings is 1. The van der Waals surface area contributed by atoms with E-state index in [1.165, 1.54) is 19.9 Å². The summed E-state index contributed by atoms with van der Waals surface area (Å²) in [5, 5.41) is 12.3. The van der Waals surface area contributed by atoms with Crippen molar-refractivity contribution in [2.24, 2.45) is 5.41 Å². The first kappa shape index (κ1) is 14.8. The zero-order valence-corrected chi connectivity index (χ0v) is 11.5. The van der Waals surface area contributed by atoms with E-state index in [0.29, 0.717) is 15.7 Å². The van der Waals surface area contributed by atoms with Crippen molar-refractivity contribution in [1.82, 2.24) is 0 Å². The van der Waals surface area contributed by atoms with Crippen LogP contribution >= 0.6 is 23.2 Å². The monoisotopic (exact) mass is 289 g/mol. The Hall–Kier alpha value is -1.26. The van der Waals surface area contributed by atoms with Crippen LogP contribution in [0.2, 0.25) is 10.0 Å². The molecule has 0 saturated heterocycles. The third kappa shape index (κ3) is 3.89. The number of carboxylic acid groups (broad SMARTS) is 1. The molecule has 0 bridgehead atoms. The van der Waals surface area contributed by atoms with Gasteiger partial charge in [-0.15, -0.1) is 0 Å². The summed E-state index contributed by atoms with van der Waals surface area (Å²) < 4.78 is 0. The van der Waals surface area contributed by atoms with Crippen molar-refractivity contribution in [3.05, 3.63) is 28.2 Å². The standard InChI is InChI=1S/C12H13Cl2NO3/c1-12(2,11(17)18)6-10(16)15-9-5-7(13)3-4-8(9)14/h3-5H,6H2,1-2H3,(H,15,16)(H,17,18). The van der Waals surface area contributed by atoms with Gasteiger partial charge >= 0.3 is 5.97 Å². The van der Waals surface area contributed by atoms with E-state index in [4.69, 9.17) is 28.3 Å². The molecule has 1 aromatic rings. The number of halogens is 2. The molecule has 1 aromatic carbocycles. The first-order chi connectivity index (χ1) is 8.22. The van der Waals surface area contributed by atoms with Crippen molar-refractivity contribution in [3.8, 4) is 0 Å². The number of carbonyl (C=O) groups is 2. The Morgan fingerprint density at radius 3 is 2.50 bits per heavy atom. The van der Waals surface area contributed by atoms with Gasteiger partial charge in [0.2, 0.25) is 5.91 Å². The average molecular weight is 290 g/mol. The van der Waals surface area contributed by atoms with Gasteiger partial charge in [-0.2, -0.15) is 0 Å². The predicted octanol–water partition coefficient (Wildman–Crippen LogP) is 3.43. The van der Waals surface area contributed by atoms with E-state index < -0.39 is 17.3 Å². The van der Waals surface area contributed by atoms with Gasteiger partial charge in [-0.25, -0.2) is 0 Å². The lowest BCUT2D eigenvalue weighted by molar-refractivity contribution is -0.148. The summed E-state index contributed by atoms with van der Waals surface area (Å²) in [7, 11) is 0. The fourth-order valence-corrected chi connectivity index (χ4v) is 1.60. The van der Waals surface area contributed by atoms with E-state index in [0.717, 1.165) is 0 Å². The topological polar surface area (TPSA) is 66.4 Å². The third-order valence-corrected chi connectivity index (χ3v) is 2.95. The highest BCUT2D eigenvalue weighted by atomic mass is 35.5. The van der Waals surface area contributed by atoms with Crippen LogP contribution in [0.3, 0.4) is 0 Å². The van der Waals surface area contributed by atoms with Crippen LogP contribution in [-0.2, 0) is 9.59 Å². The molecule has 0 aliphatic rings. The molecule has 0 spiro atoms. The normalized spacial score (nSPS) is 11.1. The van der Waals surface area contributed by atoms with Crippen LogP contribution in [0.25, 0.3) is 0 Å². The Balaban J connectivity index is 2.77. The molecule has 98 valence electrons. The van der Waals surface area contributed by atoms with E-state index >= 15 is 0 Å². The summed E-state index contributed by atoms with van der Waals surface area (Å²) in [6, 6.07) is 4.66. The van der Waals surface area contributed by atoms with Crippen molar-refractivity contribution >= 4 is 40.8 Å². The smallest absolute Gasteiger partial charge is 0.309 e. The minimum atomic E-state index is -1.13. The van der Waals surface area contributed by atoms with Gasteiger partial charge in [0.25, 0.3) is 0 Å². The number of nitrogens with one attached hydrogen (secondary N) is 1. The Labute approximate surface area is 115 Å². The second-order valence-corrected chi connectivity index (χ2v) is 5.38. The molecule has 0 unspecified atom stereocenters. The summed E-state index contributed by atoms with van der Waals surface area (Å²) in [5.74, 6) is -1.46. The summed E-state index contributed by atoms with van der Waals surface area (Å²) in [4.78, 5) is 22.6. The highest BCUT2D eigenvalue weighted by Crippen LogP contribution is 2.27. The minimum absolute atomic E-state index is 0.148. The van der Waals surface area contributed by atoms with Gasteiger partial charge in [0.15, 0.2) is 0 Å². The van der Waals surface area contributed by atoms with Crippen LogP contribution < -0.4 is 5.32 Å². The number of hydrogen-bond acceptors (Lipinski definition) is 2. The van der Waals surface area contributed by atoms with Crippen LogP contribution in [0.5, 0.6) is 0 Å². The van der Waals surface area contributed by atoms with Gasteiger partial charge in [0, 0.05) is 11.4 Å². The van der Waals surface area contributed by atoms with E-state index in [1.54, 1.807) is 12.1 Å². The molecule has 0 aliphatic heterocycles. The molecule has 2 N–H and O–H groups in total. The fourth-order valence-electron chi connectivity index (χ4n) is 1.26. The SMILES string of the molecule is CC(C)(CC(=O)Nc1cc(Cl)ccc1Cl)C(=O)O. The van der Waals surface area contributed by atoms with E-state index in [-0.39, 0.29) is 6.42 Å². The molecule has 18 heavy (non-hydrogen) atoms. The first-order valence-electron chi connectivity index (χ1n) is 5.20. The first-order valence-corrected chi connectivity index (χ1v) is 5.96. The minimum Gasteiger partial charge on any atom is -0.481 e. The van der Waals surface area contributed by atoms with E-state index in [2.05, 4.69) is 5.32 Å². The molecular formula is C12H13Cl2NO3. The molecule has 1 amide bonds. The molecule has 0 radical (unpaired) electrons. The van der Waals surface area contributed by atoms with Crippen LogP contribution in [0.1, 0.15) is 20.3 Å². The Morgan fingerprint density at radius 2 is 1.94 bits per heavy atom. The average Bonchev–Trinajstić information content (AvgIpc) is 2.22. The van der Waals surface area contributed by atoms with Gasteiger partial charge in [0.05, 0.1) is 16.1 Å². The lowest BCUT2D eigenvalue weighted by Crippen LogP contribution is -2.29. The van der Waals surface area contributed by atoms with Gasteiger partial charge in [-0.05, 0) is 32.0 Å². The Kier molecular flexibility index (Phi) is 4.59. The number of rotatable bonds is 4. The zero-order chi connectivity index (χ0) is 13.9. The fraction of sp³-hybridized carbons (Fsp3) is 0.333. The molecule has 4 nitrogen and oxygen atoms in total. The van der Waals surface area contributed by atoms with Gasteiger partial charge in [-0.3, -0.25) is 9.59 Å². The summed E-state index contributed by atoms with van der Waals surface area (Å²) in [6.07, 6.45) is -0.148. The largest absolute Gasteiger partial charge is 0.481 e. The maximum absolute atomic E-state index is 11.7. The maximum Gasteiger partial charge on any atom is 0.309 e. The highest BCUT2D eigenvalue weighted by Gasteiger charge is 2.30. The molecule has 6 heteroatoms. The van der Waals surface area contributed by atoms with Crippen molar-refractivity contribution in [1.29, 1.82) is 0 Å². The molecule has 0 heterocycles. The Bertz CT molecular complexity index is 486. The number of amides is 1. The molecule has 0 aliphatic carbocycles. The number of anilines is 1. The second kappa shape index (κ2) is 5.59. The summed E-state index contributed by atoms with van der Waals surface area (Å²) >= 11 is 11.7. The molecule has 0 saturated carbocycles. The molecular weight excluding hydrogens is 277 g/mol. The summed E-state index contributed by atoms with van der Waals surface area (Å²) in [6.45, 7) is 2.96. The van der Waals surface area contributed by atoms with Crippen molar-refractivity contribution in [2.45, 2.75) is 20.3 Å². The number of carbonyl (C=O) groups excluding carboxylic acids is 1. The lowest BCUT2D eigenvalue weighted by atomic mass is 9.89. The van der Waals surface area contributed by atoms with Crippen molar-refractivity contribution < 1.29 is 14.7 Å². The number of carboxylic acids is 1. The van der Waals surface area contributed by atoms with Crippen LogP contribution in [0, 0.1) is 5.41 Å². The van der Waals surface area contributed by atoms with Gasteiger partial charge in [0.1, 0.15) is 0 Å². The Morgan fingerprint density at radius 1 is 1.33 bits per heavy atom. The van der Waals surface area contributed by atoms with Crippen molar-refractivity contribution in [3.63, 3.8) is 0 Å². The van der Waals surface area contributed by atoms with E-state index in [9.17, 15) is 9.59 Å². The zero-order valence-electron chi connectivity index (χ0n) is 9.96. The van der Waals surface area contributed by atoms with Crippen LogP contribution in [0.4, 0.5) is 5.69 Å². The van der Waals surface area contributed by atoms with E-state index in [1.807, 2.05) is 0 Å². The number of aliphatic carboxylic acids is 1. The van der Waals surface area contributed by atoms with Gasteiger partial charge in [-0.1, -0.05) is 23.2 Å². The predicted molar refractivity (Wildman–Crippen MR) is 71.1 cm³/mol. The molecule has 0 fully saturated rings. The number of hydrogen-bond donors (Lipinski definition) is 2. The van der Waals surface area contributed by atoms with Crippen LogP contribution in [0.15, 0.2) is 18.2 Å². The van der Waals surface area contributed by atoms with Crippen molar-refractivity contribution in [2.75, 3.05) is 5.32 Å². The third-order valence-electron chi connectivity index (χ3n) is 2.38. The highest BCUT2D eigenvalue weighted by molar-refractivity contribution is 6.35. The second-order valence-electron chi connectivity index (χ2n) is 4.54. The quantitative estimate of drug-likeness (QED) is 0.892. The van der Waals surface area contributed by atoms with Gasteiger partial charge < -0.3 is 10.4 Å². The van der Waals surface area contributed by atoms with Crippen LogP contribution in [-0.4, -0.2) is 17.0 Å². The molecule has 0 atom stereocenters. The maximum atomic E-state index is 11.7.